The number of hydrogen-bond donors (Lipinski definition) is 0. The normalized spacial score (nSPS) is 14.9. The van der Waals surface area contributed by atoms with E-state index in [0.29, 0.717) is 0 Å². The number of amides is 1. The lowest BCUT2D eigenvalue weighted by Gasteiger charge is -2.30. The third kappa shape index (κ3) is 8.09. The van der Waals surface area contributed by atoms with Crippen molar-refractivity contribution in [2.24, 2.45) is 0 Å². The third-order valence-electron chi connectivity index (χ3n) is 2.88. The van der Waals surface area contributed by atoms with Gasteiger partial charge in [-0.3, -0.25) is 0 Å². The van der Waals surface area contributed by atoms with Gasteiger partial charge in [0.15, 0.2) is 0 Å². The molecule has 4 heteroatoms. The summed E-state index contributed by atoms with van der Waals surface area (Å²) in [4.78, 5) is 13.5. The van der Waals surface area contributed by atoms with E-state index in [4.69, 9.17) is 4.74 Å². The minimum absolute atomic E-state index is 0.185. The second-order valence-electron chi connectivity index (χ2n) is 5.89. The van der Waals surface area contributed by atoms with E-state index in [1.807, 2.05) is 57.2 Å². The van der Waals surface area contributed by atoms with Crippen molar-refractivity contribution in [3.05, 3.63) is 46.1 Å². The minimum atomic E-state index is -0.392. The number of carbonyl (C=O) groups excluding carboxylic acids is 1. The van der Waals surface area contributed by atoms with Gasteiger partial charge in [0, 0.05) is 13.1 Å². The summed E-state index contributed by atoms with van der Waals surface area (Å²) in [7, 11) is 0. The number of benzene rings is 1. The average Bonchev–Trinajstić information content (AvgIpc) is 2.48. The summed E-state index contributed by atoms with van der Waals surface area (Å²) in [5, 5.41) is 0. The first kappa shape index (κ1) is 18.0. The van der Waals surface area contributed by atoms with E-state index < -0.39 is 5.60 Å². The predicted octanol–water partition coefficient (Wildman–Crippen LogP) is 5.02. The van der Waals surface area contributed by atoms with Gasteiger partial charge in [-0.2, -0.15) is 0 Å². The van der Waals surface area contributed by atoms with Gasteiger partial charge >= 0.3 is 6.09 Å². The molecule has 1 aliphatic rings. The Balaban J connectivity index is 0.000000304. The molecule has 1 fully saturated rings. The van der Waals surface area contributed by atoms with Crippen LogP contribution in [0.3, 0.4) is 0 Å². The Morgan fingerprint density at radius 3 is 1.86 bits per heavy atom. The molecule has 116 valence electrons. The maximum Gasteiger partial charge on any atom is 0.410 e. The summed E-state index contributed by atoms with van der Waals surface area (Å²) in [5.74, 6) is 0. The molecule has 0 radical (unpaired) electrons. The van der Waals surface area contributed by atoms with Crippen LogP contribution in [0.1, 0.15) is 33.6 Å². The number of carbonyl (C=O) groups is 1. The molecule has 0 N–H and O–H groups in total. The third-order valence-corrected chi connectivity index (χ3v) is 3.76. The van der Waals surface area contributed by atoms with Crippen LogP contribution in [0.25, 0.3) is 0 Å². The van der Waals surface area contributed by atoms with E-state index in [9.17, 15) is 4.79 Å². The molecule has 0 aliphatic carbocycles. The van der Waals surface area contributed by atoms with Crippen LogP contribution >= 0.6 is 22.6 Å². The molecule has 1 aromatic rings. The Bertz CT molecular complexity index is 415. The molecule has 2 rings (SSSR count). The monoisotopic (exact) mass is 401 g/mol. The average molecular weight is 401 g/mol. The van der Waals surface area contributed by atoms with Gasteiger partial charge in [-0.1, -0.05) is 64.6 Å². The van der Waals surface area contributed by atoms with Crippen molar-refractivity contribution in [2.45, 2.75) is 39.2 Å². The van der Waals surface area contributed by atoms with Crippen LogP contribution in [-0.2, 0) is 4.74 Å². The van der Waals surface area contributed by atoms with Crippen LogP contribution in [0.15, 0.2) is 46.1 Å². The van der Waals surface area contributed by atoms with Crippen LogP contribution in [0.2, 0.25) is 0 Å². The summed E-state index contributed by atoms with van der Waals surface area (Å²) in [6, 6.07) is 12.0. The Morgan fingerprint density at radius 1 is 1.10 bits per heavy atom. The number of ether oxygens (including phenoxy) is 1. The lowest BCUT2D eigenvalue weighted by molar-refractivity contribution is 0.0236. The first-order valence-corrected chi connectivity index (χ1v) is 8.43. The highest BCUT2D eigenvalue weighted by Gasteiger charge is 2.24. The van der Waals surface area contributed by atoms with Crippen molar-refractivity contribution in [1.29, 1.82) is 0 Å². The van der Waals surface area contributed by atoms with E-state index >= 15 is 0 Å². The van der Waals surface area contributed by atoms with Crippen LogP contribution in [0.5, 0.6) is 0 Å². The number of rotatable bonds is 0. The highest BCUT2D eigenvalue weighted by molar-refractivity contribution is 14.1. The van der Waals surface area contributed by atoms with Gasteiger partial charge in [-0.25, -0.2) is 4.79 Å². The van der Waals surface area contributed by atoms with Crippen molar-refractivity contribution in [1.82, 2.24) is 4.90 Å². The zero-order valence-corrected chi connectivity index (χ0v) is 15.2. The highest BCUT2D eigenvalue weighted by Crippen LogP contribution is 2.19. The smallest absolute Gasteiger partial charge is 0.410 e. The highest BCUT2D eigenvalue weighted by atomic mass is 127. The lowest BCUT2D eigenvalue weighted by Crippen LogP contribution is -2.40. The van der Waals surface area contributed by atoms with E-state index in [-0.39, 0.29) is 6.09 Å². The summed E-state index contributed by atoms with van der Waals surface area (Å²) >= 11 is 2.26. The van der Waals surface area contributed by atoms with E-state index in [0.717, 1.165) is 25.9 Å². The predicted molar refractivity (Wildman–Crippen MR) is 95.6 cm³/mol. The molecule has 1 aromatic carbocycles. The maximum absolute atomic E-state index is 11.7. The Hall–Kier alpha value is -1.04. The summed E-state index contributed by atoms with van der Waals surface area (Å²) in [6.45, 7) is 7.24. The summed E-state index contributed by atoms with van der Waals surface area (Å²) in [6.07, 6.45) is 1.76. The SMILES string of the molecule is CC(C)(C)OC(=O)N1CCC(=CI)CC1.c1ccccc1. The first-order chi connectivity index (χ1) is 9.92. The maximum atomic E-state index is 11.7. The molecule has 0 atom stereocenters. The molecular formula is C17H24INO2. The second kappa shape index (κ2) is 9.07. The van der Waals surface area contributed by atoms with Crippen molar-refractivity contribution >= 4 is 28.7 Å². The van der Waals surface area contributed by atoms with Crippen molar-refractivity contribution < 1.29 is 9.53 Å². The summed E-state index contributed by atoms with van der Waals surface area (Å²) in [5.41, 5.74) is 1.03. The van der Waals surface area contributed by atoms with Gasteiger partial charge in [-0.15, -0.1) is 0 Å². The van der Waals surface area contributed by atoms with Crippen LogP contribution in [-0.4, -0.2) is 29.7 Å². The van der Waals surface area contributed by atoms with Crippen LogP contribution in [0, 0.1) is 0 Å². The van der Waals surface area contributed by atoms with Gasteiger partial charge < -0.3 is 9.64 Å². The zero-order chi connectivity index (χ0) is 15.7. The standard InChI is InChI=1S/C11H18INO2.C6H6/c1-11(2,3)15-10(14)13-6-4-9(8-12)5-7-13;1-2-4-6-5-3-1/h8H,4-7H2,1-3H3;1-6H. The molecule has 1 amide bonds. The molecule has 3 nitrogen and oxygen atoms in total. The Morgan fingerprint density at radius 2 is 1.52 bits per heavy atom. The Labute approximate surface area is 141 Å². The van der Waals surface area contributed by atoms with Gasteiger partial charge in [0.25, 0.3) is 0 Å². The van der Waals surface area contributed by atoms with Crippen molar-refractivity contribution in [2.75, 3.05) is 13.1 Å². The topological polar surface area (TPSA) is 29.5 Å². The zero-order valence-electron chi connectivity index (χ0n) is 13.0. The van der Waals surface area contributed by atoms with Crippen molar-refractivity contribution in [3.63, 3.8) is 0 Å². The molecule has 0 unspecified atom stereocenters. The quantitative estimate of drug-likeness (QED) is 0.572. The molecule has 0 saturated carbocycles. The second-order valence-corrected chi connectivity index (χ2v) is 6.51. The van der Waals surface area contributed by atoms with Crippen LogP contribution in [0.4, 0.5) is 4.79 Å². The summed E-state index contributed by atoms with van der Waals surface area (Å²) < 4.78 is 7.43. The van der Waals surface area contributed by atoms with Gasteiger partial charge in [0.2, 0.25) is 0 Å². The van der Waals surface area contributed by atoms with Gasteiger partial charge in [0.05, 0.1) is 0 Å². The molecular weight excluding hydrogens is 377 g/mol. The number of halogens is 1. The molecule has 0 spiro atoms. The fourth-order valence-electron chi connectivity index (χ4n) is 1.80. The Kier molecular flexibility index (Phi) is 7.78. The lowest BCUT2D eigenvalue weighted by atomic mass is 10.1. The largest absolute Gasteiger partial charge is 0.444 e. The number of piperidine rings is 1. The molecule has 0 aromatic heterocycles. The number of nitrogens with zero attached hydrogens (tertiary/aromatic N) is 1. The molecule has 1 heterocycles. The van der Waals surface area contributed by atoms with Gasteiger partial charge in [0.1, 0.15) is 5.60 Å². The molecule has 21 heavy (non-hydrogen) atoms. The van der Waals surface area contributed by atoms with E-state index in [1.54, 1.807) is 4.90 Å². The van der Waals surface area contributed by atoms with E-state index in [1.165, 1.54) is 5.57 Å². The number of hydrogen-bond acceptors (Lipinski definition) is 2. The molecule has 1 aliphatic heterocycles. The van der Waals surface area contributed by atoms with Gasteiger partial charge in [-0.05, 0) is 37.7 Å². The fraction of sp³-hybridized carbons (Fsp3) is 0.471. The minimum Gasteiger partial charge on any atom is -0.444 e. The first-order valence-electron chi connectivity index (χ1n) is 7.18. The fourth-order valence-corrected chi connectivity index (χ4v) is 2.42. The molecule has 1 saturated heterocycles. The van der Waals surface area contributed by atoms with Crippen molar-refractivity contribution in [3.8, 4) is 0 Å². The van der Waals surface area contributed by atoms with E-state index in [2.05, 4.69) is 26.7 Å². The number of likely N-dealkylation sites (tertiary alicyclic amines) is 1. The van der Waals surface area contributed by atoms with Crippen LogP contribution < -0.4 is 0 Å². The molecule has 0 bridgehead atoms.